The van der Waals surface area contributed by atoms with Crippen LogP contribution in [-0.2, 0) is 13.0 Å². The third-order valence-electron chi connectivity index (χ3n) is 4.09. The van der Waals surface area contributed by atoms with Gasteiger partial charge < -0.3 is 9.32 Å². The quantitative estimate of drug-likeness (QED) is 0.740. The van der Waals surface area contributed by atoms with E-state index >= 15 is 0 Å². The molecular weight excluding hydrogens is 374 g/mol. The Balaban J connectivity index is 1.49. The van der Waals surface area contributed by atoms with Crippen LogP contribution in [0, 0.1) is 0 Å². The molecule has 1 aromatic carbocycles. The van der Waals surface area contributed by atoms with Crippen LogP contribution in [0.15, 0.2) is 47.1 Å². The minimum absolute atomic E-state index is 0.101. The highest BCUT2D eigenvalue weighted by Gasteiger charge is 2.26. The van der Waals surface area contributed by atoms with Crippen LogP contribution in [0.5, 0.6) is 0 Å². The normalized spacial score (nSPS) is 13.3. The number of thiazole rings is 1. The Hall–Kier alpha value is -2.64. The Labute approximate surface area is 158 Å². The molecule has 3 heterocycles. The van der Waals surface area contributed by atoms with Crippen molar-refractivity contribution in [2.75, 3.05) is 11.9 Å². The van der Waals surface area contributed by atoms with Gasteiger partial charge in [-0.2, -0.15) is 0 Å². The summed E-state index contributed by atoms with van der Waals surface area (Å²) in [6.45, 7) is 1.01. The van der Waals surface area contributed by atoms with E-state index in [2.05, 4.69) is 10.3 Å². The summed E-state index contributed by atoms with van der Waals surface area (Å²) < 4.78 is 5.08. The van der Waals surface area contributed by atoms with Crippen LogP contribution in [0.25, 0.3) is 0 Å². The summed E-state index contributed by atoms with van der Waals surface area (Å²) in [4.78, 5) is 32.0. The van der Waals surface area contributed by atoms with Gasteiger partial charge in [0.25, 0.3) is 11.8 Å². The first-order chi connectivity index (χ1) is 12.6. The Morgan fingerprint density at radius 3 is 2.85 bits per heavy atom. The largest absolute Gasteiger partial charge is 0.459 e. The lowest BCUT2D eigenvalue weighted by atomic mass is 10.1. The summed E-state index contributed by atoms with van der Waals surface area (Å²) in [5, 5.41) is 3.68. The number of nitrogens with zero attached hydrogens (tertiary/aromatic N) is 2. The topological polar surface area (TPSA) is 75.4 Å². The van der Waals surface area contributed by atoms with Crippen molar-refractivity contribution < 1.29 is 14.0 Å². The van der Waals surface area contributed by atoms with Gasteiger partial charge in [-0.05, 0) is 24.3 Å². The number of nitrogens with one attached hydrogen (secondary N) is 1. The van der Waals surface area contributed by atoms with Crippen molar-refractivity contribution in [3.63, 3.8) is 0 Å². The number of hydrogen-bond acceptors (Lipinski definition) is 5. The highest BCUT2D eigenvalue weighted by Crippen LogP contribution is 2.30. The molecule has 132 valence electrons. The summed E-state index contributed by atoms with van der Waals surface area (Å²) in [6.07, 6.45) is 2.08. The number of halogens is 1. The molecule has 1 N–H and O–H groups in total. The first-order valence-electron chi connectivity index (χ1n) is 7.99. The summed E-state index contributed by atoms with van der Waals surface area (Å²) in [5.74, 6) is -0.213. The number of carbonyl (C=O) groups excluding carboxylic acids is 2. The smallest absolute Gasteiger partial charge is 0.293 e. The molecule has 26 heavy (non-hydrogen) atoms. The van der Waals surface area contributed by atoms with Crippen LogP contribution < -0.4 is 5.32 Å². The van der Waals surface area contributed by atoms with Crippen LogP contribution in [0.1, 0.15) is 31.5 Å². The second-order valence-corrected chi connectivity index (χ2v) is 7.27. The molecule has 0 atom stereocenters. The van der Waals surface area contributed by atoms with Gasteiger partial charge in [-0.15, -0.1) is 0 Å². The molecule has 6 nitrogen and oxygen atoms in total. The Bertz CT molecular complexity index is 968. The highest BCUT2D eigenvalue weighted by atomic mass is 35.5. The standard InChI is InChI=1S/C18H14ClN3O3S/c19-12-5-2-1-4-11(12)17(24)22-8-7-13-15(10-22)26-18(20-13)21-16(23)14-6-3-9-25-14/h1-6,9H,7-8,10H2,(H,20,21,23). The summed E-state index contributed by atoms with van der Waals surface area (Å²) in [5.41, 5.74) is 1.40. The minimum atomic E-state index is -0.343. The van der Waals surface area contributed by atoms with Crippen molar-refractivity contribution in [2.24, 2.45) is 0 Å². The molecule has 3 aromatic rings. The van der Waals surface area contributed by atoms with Gasteiger partial charge in [0.05, 0.1) is 29.1 Å². The molecule has 0 aliphatic carbocycles. The number of rotatable bonds is 3. The van der Waals surface area contributed by atoms with Crippen LogP contribution in [0.4, 0.5) is 5.13 Å². The average Bonchev–Trinajstić information content (AvgIpc) is 3.30. The number of hydrogen-bond donors (Lipinski definition) is 1. The van der Waals surface area contributed by atoms with E-state index in [9.17, 15) is 9.59 Å². The lowest BCUT2D eigenvalue weighted by Gasteiger charge is -2.26. The number of aromatic nitrogens is 1. The SMILES string of the molecule is O=C(Nc1nc2c(s1)CN(C(=O)c1ccccc1Cl)CC2)c1ccco1. The summed E-state index contributed by atoms with van der Waals surface area (Å²) in [6, 6.07) is 10.3. The van der Waals surface area contributed by atoms with Gasteiger partial charge >= 0.3 is 0 Å². The number of fused-ring (bicyclic) bond motifs is 1. The van der Waals surface area contributed by atoms with Gasteiger partial charge in [0, 0.05) is 17.8 Å². The predicted octanol–water partition coefficient (Wildman–Crippen LogP) is 3.84. The number of benzene rings is 1. The van der Waals surface area contributed by atoms with E-state index in [0.29, 0.717) is 35.2 Å². The van der Waals surface area contributed by atoms with Crippen molar-refractivity contribution in [2.45, 2.75) is 13.0 Å². The predicted molar refractivity (Wildman–Crippen MR) is 98.7 cm³/mol. The van der Waals surface area contributed by atoms with E-state index in [1.165, 1.54) is 17.6 Å². The second kappa shape index (κ2) is 6.93. The van der Waals surface area contributed by atoms with Gasteiger partial charge in [-0.25, -0.2) is 4.98 Å². The van der Waals surface area contributed by atoms with Crippen molar-refractivity contribution >= 4 is 39.9 Å². The van der Waals surface area contributed by atoms with E-state index in [0.717, 1.165) is 10.6 Å². The van der Waals surface area contributed by atoms with Gasteiger partial charge in [0.1, 0.15) is 0 Å². The third kappa shape index (κ3) is 3.23. The zero-order chi connectivity index (χ0) is 18.1. The molecule has 1 aliphatic rings. The number of anilines is 1. The molecule has 0 saturated carbocycles. The summed E-state index contributed by atoms with van der Waals surface area (Å²) in [7, 11) is 0. The van der Waals surface area contributed by atoms with Crippen LogP contribution in [0.3, 0.4) is 0 Å². The molecule has 0 saturated heterocycles. The Kier molecular flexibility index (Phi) is 4.48. The first-order valence-corrected chi connectivity index (χ1v) is 9.18. The first kappa shape index (κ1) is 16.8. The molecule has 1 aliphatic heterocycles. The van der Waals surface area contributed by atoms with Crippen molar-refractivity contribution in [3.05, 3.63) is 69.6 Å². The molecule has 0 radical (unpaired) electrons. The molecular formula is C18H14ClN3O3S. The van der Waals surface area contributed by atoms with Crippen molar-refractivity contribution in [1.29, 1.82) is 0 Å². The Morgan fingerprint density at radius 1 is 1.23 bits per heavy atom. The minimum Gasteiger partial charge on any atom is -0.459 e. The van der Waals surface area contributed by atoms with E-state index in [1.54, 1.807) is 41.3 Å². The second-order valence-electron chi connectivity index (χ2n) is 5.78. The van der Waals surface area contributed by atoms with Gasteiger partial charge in [0.2, 0.25) is 0 Å². The van der Waals surface area contributed by atoms with E-state index in [4.69, 9.17) is 16.0 Å². The summed E-state index contributed by atoms with van der Waals surface area (Å²) >= 11 is 7.51. The number of furan rings is 1. The van der Waals surface area contributed by atoms with Gasteiger partial charge in [-0.3, -0.25) is 14.9 Å². The monoisotopic (exact) mass is 387 g/mol. The molecule has 4 rings (SSSR count). The van der Waals surface area contributed by atoms with E-state index in [1.807, 2.05) is 0 Å². The fourth-order valence-electron chi connectivity index (χ4n) is 2.79. The molecule has 0 unspecified atom stereocenters. The number of carbonyl (C=O) groups is 2. The maximum absolute atomic E-state index is 12.7. The van der Waals surface area contributed by atoms with Crippen molar-refractivity contribution in [3.8, 4) is 0 Å². The average molecular weight is 388 g/mol. The zero-order valence-corrected chi connectivity index (χ0v) is 15.1. The zero-order valence-electron chi connectivity index (χ0n) is 13.6. The lowest BCUT2D eigenvalue weighted by molar-refractivity contribution is 0.0736. The van der Waals surface area contributed by atoms with Crippen LogP contribution >= 0.6 is 22.9 Å². The van der Waals surface area contributed by atoms with Crippen LogP contribution in [0.2, 0.25) is 5.02 Å². The molecule has 0 fully saturated rings. The van der Waals surface area contributed by atoms with Gasteiger partial charge in [0.15, 0.2) is 10.9 Å². The lowest BCUT2D eigenvalue weighted by Crippen LogP contribution is -2.35. The fourth-order valence-corrected chi connectivity index (χ4v) is 4.03. The molecule has 0 bridgehead atoms. The van der Waals surface area contributed by atoms with Crippen LogP contribution in [-0.4, -0.2) is 28.2 Å². The van der Waals surface area contributed by atoms with Crippen molar-refractivity contribution in [1.82, 2.24) is 9.88 Å². The number of amides is 2. The molecule has 2 amide bonds. The molecule has 8 heteroatoms. The Morgan fingerprint density at radius 2 is 2.08 bits per heavy atom. The maximum Gasteiger partial charge on any atom is 0.293 e. The van der Waals surface area contributed by atoms with E-state index in [-0.39, 0.29) is 17.6 Å². The fraction of sp³-hybridized carbons (Fsp3) is 0.167. The molecule has 2 aromatic heterocycles. The highest BCUT2D eigenvalue weighted by molar-refractivity contribution is 7.15. The van der Waals surface area contributed by atoms with E-state index < -0.39 is 0 Å². The third-order valence-corrected chi connectivity index (χ3v) is 5.42. The van der Waals surface area contributed by atoms with Gasteiger partial charge in [-0.1, -0.05) is 35.1 Å². The molecule has 0 spiro atoms. The maximum atomic E-state index is 12.7.